The number of phenols is 3. The molecule has 3 N–H and O–H groups in total. The lowest BCUT2D eigenvalue weighted by atomic mass is 9.72. The van der Waals surface area contributed by atoms with Gasteiger partial charge in [0.05, 0.1) is 36.7 Å². The molecule has 2 atom stereocenters. The minimum Gasteiger partial charge on any atom is -0.508 e. The van der Waals surface area contributed by atoms with Crippen LogP contribution in [0.15, 0.2) is 147 Å². The monoisotopic (exact) mass is 1590 g/mol. The Kier molecular flexibility index (Phi) is 23.9. The van der Waals surface area contributed by atoms with Crippen molar-refractivity contribution in [1.82, 2.24) is 59.3 Å². The summed E-state index contributed by atoms with van der Waals surface area (Å²) in [7, 11) is 12.4. The van der Waals surface area contributed by atoms with E-state index in [1.165, 1.54) is 23.8 Å². The third-order valence-electron chi connectivity index (χ3n) is 23.9. The predicted octanol–water partition coefficient (Wildman–Crippen LogP) is 9.39. The average molecular weight is 1590 g/mol. The van der Waals surface area contributed by atoms with Crippen LogP contribution in [0.5, 0.6) is 29.3 Å². The fraction of sp³-hybridized carbons (Fsp3) is 0.433. The lowest BCUT2D eigenvalue weighted by Crippen LogP contribution is -2.73. The van der Waals surface area contributed by atoms with E-state index in [1.807, 2.05) is 136 Å². The molecule has 5 fully saturated rings. The van der Waals surface area contributed by atoms with Gasteiger partial charge in [0, 0.05) is 204 Å². The number of aromatic hydroxyl groups is 3. The maximum Gasteiger partial charge on any atom is 0.318 e. The molecule has 614 valence electrons. The Morgan fingerprint density at radius 1 is 0.436 bits per heavy atom. The highest BCUT2D eigenvalue weighted by Gasteiger charge is 2.54. The summed E-state index contributed by atoms with van der Waals surface area (Å²) in [6.07, 6.45) is 8.60. The summed E-state index contributed by atoms with van der Waals surface area (Å²) in [6.45, 7) is 31.3. The summed E-state index contributed by atoms with van der Waals surface area (Å²) < 4.78 is 12.4. The molecule has 27 nitrogen and oxygen atoms in total. The number of carbonyl (C=O) groups excluding carboxylic acids is 3. The van der Waals surface area contributed by atoms with E-state index in [0.717, 1.165) is 218 Å². The Bertz CT molecular complexity index is 5180. The summed E-state index contributed by atoms with van der Waals surface area (Å²) >= 11 is 0. The van der Waals surface area contributed by atoms with Crippen LogP contribution in [0.1, 0.15) is 60.5 Å². The largest absolute Gasteiger partial charge is 0.508 e. The van der Waals surface area contributed by atoms with Gasteiger partial charge in [-0.15, -0.1) is 0 Å². The van der Waals surface area contributed by atoms with Crippen molar-refractivity contribution in [2.24, 2.45) is 5.41 Å². The van der Waals surface area contributed by atoms with E-state index in [1.54, 1.807) is 12.1 Å². The first kappa shape index (κ1) is 80.6. The number of nitrogens with zero attached hydrogens (tertiary/aromatic N) is 19. The van der Waals surface area contributed by atoms with Gasteiger partial charge in [-0.2, -0.15) is 24.9 Å². The number of hydrogen-bond acceptors (Lipinski definition) is 24. The molecule has 0 bridgehead atoms. The van der Waals surface area contributed by atoms with Gasteiger partial charge >= 0.3 is 12.0 Å². The Morgan fingerprint density at radius 2 is 0.795 bits per heavy atom. The molecule has 0 radical (unpaired) electrons. The Morgan fingerprint density at radius 3 is 1.17 bits per heavy atom. The fourth-order valence-corrected chi connectivity index (χ4v) is 18.2. The third-order valence-corrected chi connectivity index (χ3v) is 23.9. The standard InChI is InChI=1S/C31H39N7O2.C30H36N6O3.C29H36N6O3/c1-4-29(40)35-15-17-36(18-16-35)30-26-11-14-38(28-20-24(39)19-22-7-5-6-8-25(22)28)21-27(26)32-31(33-30)37-12-9-23(10-13-37)34(2)3;1-5-27(38)35-16-30(17-35)18-36(19-30)28-24-10-11-34(26-13-22(37)12-21-8-6-7-9-23(21)26)15-25(24)31-29(32-28)39-20(2)14-33(3)4;1-5-27(37)33-12-14-34(15-13-33)28-24-10-11-35(26-17-22(36)16-21-8-6-7-9-23(21)26)19-25(24)30-29(31-28)38-20(2)18-32(3)4/h4-8,19-20,23,39H,1,9-18,21H2,2-3H3;5-9,12-13,20,37H,1,10-11,14-19H2,2-4H3;5-9,16-17,20,36H,1,10-15,18-19H2,2-4H3/t;;20-/m..1/s1. The number of benzene rings is 6. The van der Waals surface area contributed by atoms with Crippen LogP contribution in [0.2, 0.25) is 0 Å². The highest BCUT2D eigenvalue weighted by Crippen LogP contribution is 2.46. The SMILES string of the molecule is C=CC(=O)N1CC2(C1)CN(c1nc(OC(C)CN(C)C)nc3c1CCN(c1cc(O)cc4ccccc14)C3)C2.C=CC(=O)N1CCN(c2nc(N3CCC(N(C)C)CC3)nc3c2CCN(c2cc(O)cc4ccccc24)C3)CC1.C=CC(=O)N1CCN(c2nc(O[C@H](C)CN(C)C)nc3c2CCN(c2cc(O)cc4ccccc24)C3)CC1. The molecule has 9 aromatic rings. The van der Waals surface area contributed by atoms with Crippen LogP contribution >= 0.6 is 0 Å². The van der Waals surface area contributed by atoms with Crippen LogP contribution < -0.4 is 43.8 Å². The zero-order valence-electron chi connectivity index (χ0n) is 68.9. The van der Waals surface area contributed by atoms with Gasteiger partial charge in [-0.25, -0.2) is 4.98 Å². The van der Waals surface area contributed by atoms with Crippen molar-refractivity contribution < 1.29 is 39.2 Å². The Hall–Kier alpha value is -11.6. The minimum absolute atomic E-state index is 0.00335. The third kappa shape index (κ3) is 17.8. The van der Waals surface area contributed by atoms with Gasteiger partial charge in [-0.1, -0.05) is 92.5 Å². The van der Waals surface area contributed by atoms with Gasteiger partial charge in [-0.3, -0.25) is 14.4 Å². The zero-order valence-corrected chi connectivity index (χ0v) is 68.9. The summed E-state index contributed by atoms with van der Waals surface area (Å²) in [5.41, 5.74) is 9.61. The molecule has 0 saturated carbocycles. The van der Waals surface area contributed by atoms with Gasteiger partial charge in [0.1, 0.15) is 46.9 Å². The molecule has 27 heteroatoms. The molecule has 6 aromatic carbocycles. The normalized spacial score (nSPS) is 17.8. The lowest BCUT2D eigenvalue weighted by Gasteiger charge is -2.60. The molecule has 3 amide bonds. The molecular weight excluding hydrogens is 1480 g/mol. The van der Waals surface area contributed by atoms with Crippen LogP contribution in [0.25, 0.3) is 32.3 Å². The molecule has 8 aliphatic rings. The number of piperazine rings is 2. The van der Waals surface area contributed by atoms with Crippen LogP contribution in [-0.4, -0.2) is 277 Å². The number of piperidine rings is 1. The number of likely N-dealkylation sites (N-methyl/N-ethyl adjacent to an activating group) is 2. The van der Waals surface area contributed by atoms with Crippen LogP contribution in [0, 0.1) is 5.41 Å². The number of ether oxygens (including phenoxy) is 2. The van der Waals surface area contributed by atoms with Crippen molar-refractivity contribution in [2.75, 3.05) is 201 Å². The number of aromatic nitrogens is 6. The molecule has 117 heavy (non-hydrogen) atoms. The fourth-order valence-electron chi connectivity index (χ4n) is 18.2. The topological polar surface area (TPSA) is 250 Å². The van der Waals surface area contributed by atoms with Gasteiger partial charge in [0.2, 0.25) is 23.7 Å². The van der Waals surface area contributed by atoms with Crippen molar-refractivity contribution in [3.05, 3.63) is 181 Å². The Labute approximate surface area is 685 Å². The number of fused-ring (bicyclic) bond motifs is 6. The van der Waals surface area contributed by atoms with E-state index >= 15 is 0 Å². The molecule has 8 aliphatic heterocycles. The van der Waals surface area contributed by atoms with E-state index in [2.05, 4.69) is 101 Å². The van der Waals surface area contributed by atoms with Gasteiger partial charge in [-0.05, 0) is 141 Å². The Balaban J connectivity index is 0.000000138. The molecule has 11 heterocycles. The van der Waals surface area contributed by atoms with Crippen LogP contribution in [-0.2, 0) is 53.3 Å². The van der Waals surface area contributed by atoms with E-state index in [4.69, 9.17) is 39.4 Å². The first-order chi connectivity index (χ1) is 56.5. The highest BCUT2D eigenvalue weighted by molar-refractivity contribution is 5.98. The maximum atomic E-state index is 12.2. The zero-order chi connectivity index (χ0) is 81.9. The van der Waals surface area contributed by atoms with Crippen molar-refractivity contribution in [1.29, 1.82) is 0 Å². The van der Waals surface area contributed by atoms with Gasteiger partial charge < -0.3 is 88.5 Å². The number of amides is 3. The van der Waals surface area contributed by atoms with E-state index in [-0.39, 0.29) is 52.6 Å². The van der Waals surface area contributed by atoms with Crippen molar-refractivity contribution >= 4 is 90.5 Å². The van der Waals surface area contributed by atoms with Crippen molar-refractivity contribution in [3.8, 4) is 29.3 Å². The number of anilines is 7. The number of rotatable bonds is 19. The second kappa shape index (κ2) is 34.7. The second-order valence-corrected chi connectivity index (χ2v) is 33.2. The highest BCUT2D eigenvalue weighted by atomic mass is 16.5. The molecular formula is C90H111N19O8. The molecule has 1 spiro atoms. The molecule has 5 saturated heterocycles. The van der Waals surface area contributed by atoms with Gasteiger partial charge in [0.15, 0.2) is 0 Å². The smallest absolute Gasteiger partial charge is 0.318 e. The van der Waals surface area contributed by atoms with Crippen molar-refractivity contribution in [3.63, 3.8) is 0 Å². The number of hydrogen-bond donors (Lipinski definition) is 3. The van der Waals surface area contributed by atoms with E-state index < -0.39 is 0 Å². The van der Waals surface area contributed by atoms with Crippen molar-refractivity contribution in [2.45, 2.75) is 83.8 Å². The van der Waals surface area contributed by atoms with Gasteiger partial charge in [0.25, 0.3) is 0 Å². The number of likely N-dealkylation sites (tertiary alicyclic amines) is 1. The average Bonchev–Trinajstić information content (AvgIpc) is 0.721. The summed E-state index contributed by atoms with van der Waals surface area (Å²) in [6, 6.07) is 36.8. The number of phenolic OH excluding ortho intramolecular Hbond substituents is 3. The molecule has 1 unspecified atom stereocenters. The van der Waals surface area contributed by atoms with Crippen LogP contribution in [0.4, 0.5) is 40.5 Å². The van der Waals surface area contributed by atoms with Crippen LogP contribution in [0.3, 0.4) is 0 Å². The minimum atomic E-state index is -0.0762. The first-order valence-corrected chi connectivity index (χ1v) is 41.1. The molecule has 0 aliphatic carbocycles. The molecule has 17 rings (SSSR count). The first-order valence-electron chi connectivity index (χ1n) is 41.1. The number of carbonyl (C=O) groups is 3. The predicted molar refractivity (Wildman–Crippen MR) is 463 cm³/mol. The maximum absolute atomic E-state index is 12.2. The second-order valence-electron chi connectivity index (χ2n) is 33.2. The summed E-state index contributed by atoms with van der Waals surface area (Å²) in [5, 5.41) is 37.8. The summed E-state index contributed by atoms with van der Waals surface area (Å²) in [5.74, 6) is 4.41. The van der Waals surface area contributed by atoms with E-state index in [9.17, 15) is 29.7 Å². The summed E-state index contributed by atoms with van der Waals surface area (Å²) in [4.78, 5) is 94.5. The van der Waals surface area contributed by atoms with E-state index in [0.29, 0.717) is 77.0 Å². The molecule has 3 aromatic heterocycles. The quantitative estimate of drug-likeness (QED) is 0.0638. The lowest BCUT2D eigenvalue weighted by molar-refractivity contribution is -0.139.